The van der Waals surface area contributed by atoms with E-state index in [2.05, 4.69) is 0 Å². The monoisotopic (exact) mass is 357 g/mol. The number of carbonyl (C=O) groups excluding carboxylic acids is 3. The molecule has 0 atom stereocenters. The van der Waals surface area contributed by atoms with Crippen molar-refractivity contribution >= 4 is 13.4 Å². The number of halogens is 3. The van der Waals surface area contributed by atoms with Gasteiger partial charge in [0, 0.05) is 11.9 Å². The standard InChI is InChI=1S/C2F3O.2C2H4O2.Nd/c3-2(4,5)1-6;2*1-2(3)4;/h;2*1H3,(H,3,4);/q;;;+2/p-2. The van der Waals surface area contributed by atoms with E-state index < -0.39 is 58.3 Å². The quantitative estimate of drug-likeness (QED) is 0.505. The van der Waals surface area contributed by atoms with E-state index in [4.69, 9.17) is 19.8 Å². The Morgan fingerprint density at radius 1 is 1.00 bits per heavy atom. The van der Waals surface area contributed by atoms with Gasteiger partial charge < -0.3 is 19.8 Å². The molecule has 15 heavy (non-hydrogen) atoms. The maximum atomic E-state index is 10.9. The molecule has 0 aliphatic heterocycles. The molecule has 0 amide bonds. The van der Waals surface area contributed by atoms with Gasteiger partial charge in [-0.3, -0.25) is 0 Å². The summed E-state index contributed by atoms with van der Waals surface area (Å²) >= 11 is -0.436. The van der Waals surface area contributed by atoms with Gasteiger partial charge in [0.25, 0.3) is 0 Å². The van der Waals surface area contributed by atoms with Gasteiger partial charge in [-0.1, -0.05) is 0 Å². The van der Waals surface area contributed by atoms with E-state index in [-0.39, 0.29) is 0 Å². The number of carboxylic acids is 2. The van der Waals surface area contributed by atoms with Crippen LogP contribution < -0.4 is 10.2 Å². The molecular weight excluding hydrogens is 353 g/mol. The van der Waals surface area contributed by atoms with Gasteiger partial charge in [0.2, 0.25) is 0 Å². The number of carbonyl (C=O) groups is 3. The number of aliphatic carboxylic acids is 2. The molecule has 9 heteroatoms. The fourth-order valence-corrected chi connectivity index (χ4v) is 0. The van der Waals surface area contributed by atoms with Crippen LogP contribution >= 0.6 is 0 Å². The summed E-state index contributed by atoms with van der Waals surface area (Å²) in [6.45, 7) is 1.94. The van der Waals surface area contributed by atoms with Crippen molar-refractivity contribution in [3.8, 4) is 0 Å². The molecule has 0 saturated carbocycles. The van der Waals surface area contributed by atoms with Crippen LogP contribution in [-0.4, -0.2) is 19.5 Å². The Hall–Kier alpha value is -0.249. The van der Waals surface area contributed by atoms with Gasteiger partial charge in [0.05, 0.1) is 0 Å². The van der Waals surface area contributed by atoms with Gasteiger partial charge in [-0.15, -0.1) is 0 Å². The first-order valence-electron chi connectivity index (χ1n) is 3.09. The van der Waals surface area contributed by atoms with E-state index in [0.717, 1.165) is 13.8 Å². The number of carboxylic acid groups (broad SMARTS) is 2. The Labute approximate surface area is 109 Å². The van der Waals surface area contributed by atoms with E-state index in [0.29, 0.717) is 0 Å². The van der Waals surface area contributed by atoms with E-state index >= 15 is 0 Å². The summed E-state index contributed by atoms with van der Waals surface area (Å²) in [6.07, 6.45) is -4.58. The fraction of sp³-hybridized carbons (Fsp3) is 0.500. The Balaban J connectivity index is -0.000000155. The second-order valence-electron chi connectivity index (χ2n) is 1.81. The summed E-state index contributed by atoms with van der Waals surface area (Å²) in [5.41, 5.74) is 0. The summed E-state index contributed by atoms with van der Waals surface area (Å²) in [7, 11) is 0. The molecule has 0 saturated heterocycles. The van der Waals surface area contributed by atoms with Crippen molar-refractivity contribution in [3.63, 3.8) is 0 Å². The van der Waals surface area contributed by atoms with Crippen molar-refractivity contribution in [2.24, 2.45) is 0 Å². The van der Waals surface area contributed by atoms with Crippen LogP contribution in [0.1, 0.15) is 13.8 Å². The molecule has 0 spiro atoms. The molecule has 0 aromatic carbocycles. The molecule has 0 rings (SSSR count). The van der Waals surface area contributed by atoms with Crippen molar-refractivity contribution in [2.45, 2.75) is 20.0 Å². The first-order valence-corrected chi connectivity index (χ1v) is 4.69. The molecule has 0 unspecified atom stereocenters. The Morgan fingerprint density at radius 2 is 1.07 bits per heavy atom. The third kappa shape index (κ3) is 57.4. The molecule has 0 aliphatic rings. The Kier molecular flexibility index (Phi) is 13.8. The van der Waals surface area contributed by atoms with E-state index in [1.54, 1.807) is 0 Å². The Morgan fingerprint density at radius 3 is 1.07 bits per heavy atom. The van der Waals surface area contributed by atoms with Crippen LogP contribution in [0.4, 0.5) is 13.2 Å². The van der Waals surface area contributed by atoms with Gasteiger partial charge in [0.1, 0.15) is 0 Å². The molecule has 0 aliphatic carbocycles. The zero-order valence-electron chi connectivity index (χ0n) is 7.68. The summed E-state index contributed by atoms with van der Waals surface area (Å²) in [4.78, 5) is 27.2. The van der Waals surface area contributed by atoms with Crippen LogP contribution in [0.15, 0.2) is 0 Å². The summed E-state index contributed by atoms with van der Waals surface area (Å²) in [6, 6.07) is 0. The van der Waals surface area contributed by atoms with Gasteiger partial charge in [-0.25, -0.2) is 0 Å². The summed E-state index contributed by atoms with van der Waals surface area (Å²) in [5.74, 6) is -2.17. The SMILES string of the molecule is CC(=O)[O-].CC(=O)[O-].O=[C]([Nd+2])C(F)(F)F. The maximum absolute atomic E-state index is 10.9. The molecule has 0 aromatic heterocycles. The van der Waals surface area contributed by atoms with Gasteiger partial charge in [-0.05, 0) is 13.8 Å². The van der Waals surface area contributed by atoms with Crippen molar-refractivity contribution in [2.75, 3.05) is 0 Å². The van der Waals surface area contributed by atoms with Crippen LogP contribution in [0.25, 0.3) is 0 Å². The molecule has 0 bridgehead atoms. The number of alkyl halides is 3. The fourth-order valence-electron chi connectivity index (χ4n) is 0. The van der Waals surface area contributed by atoms with Crippen molar-refractivity contribution in [1.82, 2.24) is 0 Å². The normalized spacial score (nSPS) is 8.73. The molecule has 0 radical (unpaired) electrons. The molecule has 0 aromatic rings. The van der Waals surface area contributed by atoms with Gasteiger partial charge >= 0.3 is 64.3 Å². The third-order valence-electron chi connectivity index (χ3n) is 0.257. The summed E-state index contributed by atoms with van der Waals surface area (Å²) < 4.78 is 31.0. The van der Waals surface area contributed by atoms with Crippen molar-refractivity contribution in [3.05, 3.63) is 0 Å². The molecule has 0 N–H and O–H groups in total. The van der Waals surface area contributed by atoms with E-state index in [1.165, 1.54) is 0 Å². The molecular formula is C6H6F3NdO5. The van der Waals surface area contributed by atoms with Crippen molar-refractivity contribution < 1.29 is 76.5 Å². The third-order valence-corrected chi connectivity index (χ3v) is 1.17. The molecule has 0 fully saturated rings. The predicted molar refractivity (Wildman–Crippen MR) is 32.4 cm³/mol. The molecule has 85 valence electrons. The predicted octanol–water partition coefficient (Wildman–Crippen LogP) is -1.86. The van der Waals surface area contributed by atoms with Crippen LogP contribution in [0, 0.1) is 38.8 Å². The minimum absolute atomic E-state index is 0.436. The van der Waals surface area contributed by atoms with Crippen LogP contribution in [0.5, 0.6) is 0 Å². The molecule has 5 nitrogen and oxygen atoms in total. The minimum atomic E-state index is -4.58. The second-order valence-corrected chi connectivity index (χ2v) is 3.27. The number of hydrogen-bond donors (Lipinski definition) is 0. The molecule has 0 heterocycles. The Bertz CT molecular complexity index is 205. The zero-order chi connectivity index (χ0) is 13.2. The van der Waals surface area contributed by atoms with Crippen molar-refractivity contribution in [1.29, 1.82) is 0 Å². The van der Waals surface area contributed by atoms with E-state index in [1.807, 2.05) is 0 Å². The van der Waals surface area contributed by atoms with Crippen LogP contribution in [0.2, 0.25) is 0 Å². The van der Waals surface area contributed by atoms with Crippen LogP contribution in [-0.2, 0) is 14.4 Å². The number of rotatable bonds is 0. The first-order chi connectivity index (χ1) is 6.41. The topological polar surface area (TPSA) is 97.3 Å². The van der Waals surface area contributed by atoms with Crippen LogP contribution in [0.3, 0.4) is 0 Å². The number of hydrogen-bond acceptors (Lipinski definition) is 5. The summed E-state index contributed by atoms with van der Waals surface area (Å²) in [5, 5.41) is 17.8. The average molecular weight is 359 g/mol. The zero-order valence-corrected chi connectivity index (χ0v) is 10.9. The average Bonchev–Trinajstić information content (AvgIpc) is 1.80. The van der Waals surface area contributed by atoms with Gasteiger partial charge in [0.15, 0.2) is 0 Å². The van der Waals surface area contributed by atoms with Gasteiger partial charge in [-0.2, -0.15) is 0 Å². The first kappa shape index (κ1) is 20.2. The second kappa shape index (κ2) is 10.3. The van der Waals surface area contributed by atoms with E-state index in [9.17, 15) is 18.0 Å².